The first-order valence-corrected chi connectivity index (χ1v) is 15.8. The highest BCUT2D eigenvalue weighted by Gasteiger charge is 2.46. The van der Waals surface area contributed by atoms with E-state index in [0.717, 1.165) is 70.6 Å². The summed E-state index contributed by atoms with van der Waals surface area (Å²) in [5.74, 6) is 0.778. The quantitative estimate of drug-likeness (QED) is 0.325. The lowest BCUT2D eigenvalue weighted by Gasteiger charge is -2.47. The number of fused-ring (bicyclic) bond motifs is 9. The first-order valence-electron chi connectivity index (χ1n) is 15.4. The summed E-state index contributed by atoms with van der Waals surface area (Å²) in [6.07, 6.45) is 4.84. The first kappa shape index (κ1) is 26.8. The molecule has 0 amide bonds. The van der Waals surface area contributed by atoms with Crippen LogP contribution in [-0.4, -0.2) is 52.5 Å². The second-order valence-electron chi connectivity index (χ2n) is 12.8. The fourth-order valence-corrected chi connectivity index (χ4v) is 8.22. The van der Waals surface area contributed by atoms with E-state index in [9.17, 15) is 9.90 Å². The van der Waals surface area contributed by atoms with Gasteiger partial charge in [-0.05, 0) is 61.3 Å². The molecule has 2 fully saturated rings. The lowest BCUT2D eigenvalue weighted by Crippen LogP contribution is -2.62. The average molecular weight is 598 g/mol. The molecule has 0 radical (unpaired) electrons. The van der Waals surface area contributed by atoms with Gasteiger partial charge in [-0.25, -0.2) is 0 Å². The topological polar surface area (TPSA) is 82.9 Å². The molecule has 4 aliphatic heterocycles. The van der Waals surface area contributed by atoms with Gasteiger partial charge in [-0.15, -0.1) is 0 Å². The molecule has 0 spiro atoms. The summed E-state index contributed by atoms with van der Waals surface area (Å²) >= 11 is 6.77. The Hall–Kier alpha value is -3.75. The molecule has 2 N–H and O–H groups in total. The van der Waals surface area contributed by atoms with Crippen molar-refractivity contribution in [3.63, 3.8) is 0 Å². The van der Waals surface area contributed by atoms with Crippen LogP contribution in [0.5, 0.6) is 11.5 Å². The smallest absolute Gasteiger partial charge is 0.300 e. The molecule has 3 atom stereocenters. The van der Waals surface area contributed by atoms with E-state index in [1.165, 1.54) is 5.56 Å². The fourth-order valence-electron chi connectivity index (χ4n) is 7.94. The van der Waals surface area contributed by atoms with E-state index in [1.807, 2.05) is 35.0 Å². The highest BCUT2D eigenvalue weighted by Crippen LogP contribution is 2.45. The van der Waals surface area contributed by atoms with E-state index in [2.05, 4.69) is 35.9 Å². The maximum Gasteiger partial charge on any atom is 0.300 e. The van der Waals surface area contributed by atoms with Crippen LogP contribution < -0.4 is 25.4 Å². The molecule has 4 aliphatic rings. The van der Waals surface area contributed by atoms with Crippen molar-refractivity contribution in [2.75, 3.05) is 29.5 Å². The number of benzene rings is 2. The summed E-state index contributed by atoms with van der Waals surface area (Å²) in [4.78, 5) is 24.2. The number of hydrogen-bond donors (Lipinski definition) is 2. The number of phenolic OH excluding ortho intramolecular Hbond substituents is 1. The Morgan fingerprint density at radius 2 is 2.02 bits per heavy atom. The number of anilines is 2. The number of aromatic nitrogens is 2. The Bertz CT molecular complexity index is 1850. The largest absolute Gasteiger partial charge is 0.508 e. The van der Waals surface area contributed by atoms with Gasteiger partial charge in [-0.2, -0.15) is 0 Å². The van der Waals surface area contributed by atoms with Crippen molar-refractivity contribution in [1.29, 1.82) is 0 Å². The van der Waals surface area contributed by atoms with Crippen LogP contribution in [0.4, 0.5) is 11.4 Å². The van der Waals surface area contributed by atoms with E-state index in [4.69, 9.17) is 21.3 Å². The number of nitrogens with one attached hydrogen (secondary N) is 1. The summed E-state index contributed by atoms with van der Waals surface area (Å²) in [6, 6.07) is 12.3. The Labute approximate surface area is 255 Å². The van der Waals surface area contributed by atoms with Crippen LogP contribution in [0.1, 0.15) is 55.1 Å². The van der Waals surface area contributed by atoms with Gasteiger partial charge in [0.25, 0.3) is 5.56 Å². The molecule has 43 heavy (non-hydrogen) atoms. The van der Waals surface area contributed by atoms with Gasteiger partial charge in [-0.3, -0.25) is 14.3 Å². The number of aromatic hydroxyl groups is 1. The van der Waals surface area contributed by atoms with Crippen molar-refractivity contribution in [2.45, 2.75) is 70.6 Å². The molecule has 2 aromatic carbocycles. The maximum absolute atomic E-state index is 14.7. The molecule has 6 heterocycles. The molecule has 2 aromatic heterocycles. The number of hydrogen-bond acceptors (Lipinski definition) is 7. The van der Waals surface area contributed by atoms with Crippen LogP contribution in [0.25, 0.3) is 16.5 Å². The maximum atomic E-state index is 14.7. The van der Waals surface area contributed by atoms with Crippen LogP contribution in [0.15, 0.2) is 47.4 Å². The molecule has 8 nitrogen and oxygen atoms in total. The summed E-state index contributed by atoms with van der Waals surface area (Å²) < 4.78 is 8.33. The lowest BCUT2D eigenvalue weighted by molar-refractivity contribution is 0.214. The van der Waals surface area contributed by atoms with Crippen molar-refractivity contribution < 1.29 is 9.84 Å². The number of ether oxygens (including phenoxy) is 1. The first-order chi connectivity index (χ1) is 20.8. The Morgan fingerprint density at radius 1 is 1.16 bits per heavy atom. The Morgan fingerprint density at radius 3 is 2.86 bits per heavy atom. The third kappa shape index (κ3) is 4.06. The highest BCUT2D eigenvalue weighted by atomic mass is 35.5. The van der Waals surface area contributed by atoms with Crippen LogP contribution >= 0.6 is 11.6 Å². The molecule has 2 saturated heterocycles. The highest BCUT2D eigenvalue weighted by molar-refractivity contribution is 6.36. The fraction of sp³-hybridized carbons (Fsp3) is 0.412. The number of phenols is 1. The van der Waals surface area contributed by atoms with Crippen molar-refractivity contribution in [2.24, 2.45) is 0 Å². The number of pyridine rings is 2. The molecule has 4 aromatic rings. The third-order valence-electron chi connectivity index (χ3n) is 9.89. The SMILES string of the molecule is Cc1ccnc(C(C)C)c1-n1c2c(c3c(c1=O)OCC1C4CCC(CN31)N4)CCN(c1cc(O)cc3cccc(Cl)c13)C2. The van der Waals surface area contributed by atoms with Gasteiger partial charge in [-0.1, -0.05) is 37.6 Å². The van der Waals surface area contributed by atoms with Crippen LogP contribution in [0.3, 0.4) is 0 Å². The van der Waals surface area contributed by atoms with Crippen molar-refractivity contribution in [3.05, 3.63) is 80.5 Å². The van der Waals surface area contributed by atoms with Gasteiger partial charge >= 0.3 is 0 Å². The van der Waals surface area contributed by atoms with Gasteiger partial charge in [0.05, 0.1) is 46.1 Å². The molecule has 8 rings (SSSR count). The van der Waals surface area contributed by atoms with E-state index >= 15 is 0 Å². The molecule has 2 bridgehead atoms. The minimum atomic E-state index is -0.128. The van der Waals surface area contributed by atoms with Crippen LogP contribution in [0, 0.1) is 6.92 Å². The standard InChI is InChI=1S/C34H36ClN5O3/c1-18(2)30-31(19(3)9-11-36-30)40-27-16-38(26-14-22(41)13-20-5-4-6-24(35)29(20)26)12-10-23(27)32-33(34(40)42)43-17-28-25-8-7-21(37-25)15-39(28)32/h4-6,9,11,13-14,18,21,25,28,37,41H,7-8,10,12,15-17H2,1-3H3. The number of halogens is 1. The zero-order valence-electron chi connectivity index (χ0n) is 24.7. The van der Waals surface area contributed by atoms with Gasteiger partial charge < -0.3 is 25.0 Å². The summed E-state index contributed by atoms with van der Waals surface area (Å²) in [5.41, 5.74) is 6.57. The van der Waals surface area contributed by atoms with Crippen molar-refractivity contribution >= 4 is 33.7 Å². The Balaban J connectivity index is 1.38. The predicted octanol–water partition coefficient (Wildman–Crippen LogP) is 5.44. The lowest BCUT2D eigenvalue weighted by atomic mass is 9.94. The van der Waals surface area contributed by atoms with Crippen LogP contribution in [0.2, 0.25) is 5.02 Å². The van der Waals surface area contributed by atoms with Gasteiger partial charge in [0.15, 0.2) is 0 Å². The minimum absolute atomic E-state index is 0.121. The van der Waals surface area contributed by atoms with E-state index in [-0.39, 0.29) is 23.3 Å². The zero-order valence-corrected chi connectivity index (χ0v) is 25.5. The number of piperazine rings is 1. The summed E-state index contributed by atoms with van der Waals surface area (Å²) in [5, 5.41) is 16.9. The van der Waals surface area contributed by atoms with E-state index in [1.54, 1.807) is 12.1 Å². The van der Waals surface area contributed by atoms with Crippen molar-refractivity contribution in [3.8, 4) is 17.2 Å². The van der Waals surface area contributed by atoms with Gasteiger partial charge in [0.1, 0.15) is 12.4 Å². The third-order valence-corrected chi connectivity index (χ3v) is 10.2. The van der Waals surface area contributed by atoms with Crippen LogP contribution in [-0.2, 0) is 13.0 Å². The molecular formula is C34H36ClN5O3. The second-order valence-corrected chi connectivity index (χ2v) is 13.2. The van der Waals surface area contributed by atoms with E-state index < -0.39 is 0 Å². The number of aryl methyl sites for hydroxylation is 1. The number of rotatable bonds is 3. The zero-order chi connectivity index (χ0) is 29.6. The Kier molecular flexibility index (Phi) is 6.18. The molecule has 3 unspecified atom stereocenters. The molecule has 222 valence electrons. The predicted molar refractivity (Wildman–Crippen MR) is 171 cm³/mol. The second kappa shape index (κ2) is 9.89. The molecule has 0 saturated carbocycles. The summed E-state index contributed by atoms with van der Waals surface area (Å²) in [6.45, 7) is 8.87. The molecular weight excluding hydrogens is 562 g/mol. The van der Waals surface area contributed by atoms with E-state index in [0.29, 0.717) is 42.6 Å². The molecule has 9 heteroatoms. The van der Waals surface area contributed by atoms with Gasteiger partial charge in [0.2, 0.25) is 5.75 Å². The average Bonchev–Trinajstić information content (AvgIpc) is 3.38. The normalized spacial score (nSPS) is 22.4. The van der Waals surface area contributed by atoms with Crippen molar-refractivity contribution in [1.82, 2.24) is 14.9 Å². The minimum Gasteiger partial charge on any atom is -0.508 e. The van der Waals surface area contributed by atoms with Gasteiger partial charge in [0, 0.05) is 48.4 Å². The molecule has 0 aliphatic carbocycles. The monoisotopic (exact) mass is 597 g/mol. The summed E-state index contributed by atoms with van der Waals surface area (Å²) in [7, 11) is 0. The number of nitrogens with zero attached hydrogens (tertiary/aromatic N) is 4.